The molecule has 0 aliphatic carbocycles. The maximum Gasteiger partial charge on any atom is 0.305 e. The van der Waals surface area contributed by atoms with Crippen LogP contribution in [0.1, 0.15) is 380 Å². The van der Waals surface area contributed by atoms with Crippen LogP contribution < -0.4 is 5.32 Å². The van der Waals surface area contributed by atoms with Crippen LogP contribution in [0, 0.1) is 0 Å². The van der Waals surface area contributed by atoms with E-state index in [1.54, 1.807) is 6.08 Å². The number of esters is 1. The molecule has 0 aromatic rings. The fourth-order valence-corrected chi connectivity index (χ4v) is 10.8. The Morgan fingerprint density at radius 3 is 0.987 bits per heavy atom. The molecule has 0 radical (unpaired) electrons. The Labute approximate surface area is 481 Å². The molecule has 0 spiro atoms. The van der Waals surface area contributed by atoms with Crippen LogP contribution in [-0.4, -0.2) is 47.4 Å². The summed E-state index contributed by atoms with van der Waals surface area (Å²) in [5, 5.41) is 23.3. The molecule has 3 N–H and O–H groups in total. The highest BCUT2D eigenvalue weighted by molar-refractivity contribution is 5.76. The van der Waals surface area contributed by atoms with Crippen molar-refractivity contribution in [2.45, 2.75) is 392 Å². The SMILES string of the molecule is CCCCCCCCCCCCCCCCCCCCCCCCC/C=C/C(O)C(CO)NC(=O)CCCCCCCCC/C=C\C/C=C\CCCCCOC(=O)CCCCCCCCCCCCCCCCCCCC. The van der Waals surface area contributed by atoms with Crippen molar-refractivity contribution in [2.75, 3.05) is 13.2 Å². The van der Waals surface area contributed by atoms with E-state index < -0.39 is 12.1 Å². The van der Waals surface area contributed by atoms with Crippen molar-refractivity contribution in [3.63, 3.8) is 0 Å². The Kier molecular flexibility index (Phi) is 64.9. The molecule has 2 unspecified atom stereocenters. The van der Waals surface area contributed by atoms with E-state index in [1.807, 2.05) is 6.08 Å². The Hall–Kier alpha value is -1.92. The zero-order valence-corrected chi connectivity index (χ0v) is 52.0. The molecule has 0 aromatic carbocycles. The van der Waals surface area contributed by atoms with E-state index in [0.717, 1.165) is 83.5 Å². The number of hydrogen-bond acceptors (Lipinski definition) is 5. The minimum absolute atomic E-state index is 0.0113. The van der Waals surface area contributed by atoms with Gasteiger partial charge in [0.05, 0.1) is 25.4 Å². The molecule has 0 aliphatic heterocycles. The molecule has 0 heterocycles. The van der Waals surface area contributed by atoms with Crippen molar-refractivity contribution in [2.24, 2.45) is 0 Å². The normalized spacial score (nSPS) is 12.7. The van der Waals surface area contributed by atoms with Gasteiger partial charge in [0.2, 0.25) is 5.91 Å². The summed E-state index contributed by atoms with van der Waals surface area (Å²) in [6.45, 7) is 4.90. The number of allylic oxidation sites excluding steroid dienone is 5. The molecule has 0 aromatic heterocycles. The molecule has 0 saturated heterocycles. The quantitative estimate of drug-likeness (QED) is 0.0320. The zero-order valence-electron chi connectivity index (χ0n) is 52.0. The average Bonchev–Trinajstić information content (AvgIpc) is 3.43. The lowest BCUT2D eigenvalue weighted by Gasteiger charge is -2.20. The van der Waals surface area contributed by atoms with E-state index >= 15 is 0 Å². The molecular weight excluding hydrogens is 947 g/mol. The highest BCUT2D eigenvalue weighted by Gasteiger charge is 2.18. The van der Waals surface area contributed by atoms with Crippen molar-refractivity contribution in [3.05, 3.63) is 36.5 Å². The average molecular weight is 1080 g/mol. The van der Waals surface area contributed by atoms with Crippen LogP contribution in [0.3, 0.4) is 0 Å². The number of carbonyl (C=O) groups excluding carboxylic acids is 2. The lowest BCUT2D eigenvalue weighted by atomic mass is 10.0. The Balaban J connectivity index is 3.49. The van der Waals surface area contributed by atoms with Crippen LogP contribution in [0.2, 0.25) is 0 Å². The van der Waals surface area contributed by atoms with Crippen LogP contribution in [0.4, 0.5) is 0 Å². The number of ether oxygens (including phenoxy) is 1. The second-order valence-corrected chi connectivity index (χ2v) is 23.9. The third kappa shape index (κ3) is 63.1. The third-order valence-electron chi connectivity index (χ3n) is 16.2. The monoisotopic (exact) mass is 1080 g/mol. The highest BCUT2D eigenvalue weighted by Crippen LogP contribution is 2.18. The second-order valence-electron chi connectivity index (χ2n) is 23.9. The number of unbranched alkanes of at least 4 members (excludes halogenated alkanes) is 50. The Bertz CT molecular complexity index is 1250. The first-order valence-electron chi connectivity index (χ1n) is 34.8. The van der Waals surface area contributed by atoms with Gasteiger partial charge in [0.25, 0.3) is 0 Å². The number of nitrogens with one attached hydrogen (secondary N) is 1. The second kappa shape index (κ2) is 66.6. The first-order valence-corrected chi connectivity index (χ1v) is 34.8. The van der Waals surface area contributed by atoms with Crippen LogP contribution in [-0.2, 0) is 14.3 Å². The summed E-state index contributed by atoms with van der Waals surface area (Å²) >= 11 is 0. The van der Waals surface area contributed by atoms with Gasteiger partial charge in [-0.05, 0) is 70.6 Å². The van der Waals surface area contributed by atoms with Gasteiger partial charge in [-0.15, -0.1) is 0 Å². The molecule has 2 atom stereocenters. The van der Waals surface area contributed by atoms with Crippen molar-refractivity contribution in [3.8, 4) is 0 Å². The van der Waals surface area contributed by atoms with Crippen molar-refractivity contribution in [1.82, 2.24) is 5.32 Å². The lowest BCUT2D eigenvalue weighted by molar-refractivity contribution is -0.143. The Morgan fingerprint density at radius 1 is 0.364 bits per heavy atom. The molecular formula is C71H135NO5. The predicted octanol–water partition coefficient (Wildman–Crippen LogP) is 22.3. The molecule has 6 nitrogen and oxygen atoms in total. The maximum absolute atomic E-state index is 12.5. The number of aliphatic hydroxyl groups is 2. The van der Waals surface area contributed by atoms with E-state index in [-0.39, 0.29) is 18.5 Å². The molecule has 77 heavy (non-hydrogen) atoms. The molecule has 454 valence electrons. The van der Waals surface area contributed by atoms with Gasteiger partial charge < -0.3 is 20.3 Å². The number of hydrogen-bond donors (Lipinski definition) is 3. The number of rotatable bonds is 65. The fourth-order valence-electron chi connectivity index (χ4n) is 10.8. The van der Waals surface area contributed by atoms with Crippen LogP contribution >= 0.6 is 0 Å². The summed E-state index contributed by atoms with van der Waals surface area (Å²) in [4.78, 5) is 24.6. The van der Waals surface area contributed by atoms with E-state index in [1.165, 1.54) is 270 Å². The first-order chi connectivity index (χ1) is 38.0. The van der Waals surface area contributed by atoms with Crippen LogP contribution in [0.5, 0.6) is 0 Å². The summed E-state index contributed by atoms with van der Waals surface area (Å²) in [6.07, 6.45) is 85.0. The summed E-state index contributed by atoms with van der Waals surface area (Å²) in [6, 6.07) is -0.642. The van der Waals surface area contributed by atoms with Gasteiger partial charge in [0, 0.05) is 12.8 Å². The minimum Gasteiger partial charge on any atom is -0.466 e. The zero-order chi connectivity index (χ0) is 55.7. The maximum atomic E-state index is 12.5. The van der Waals surface area contributed by atoms with Crippen molar-refractivity contribution >= 4 is 11.9 Å². The lowest BCUT2D eigenvalue weighted by Crippen LogP contribution is -2.45. The van der Waals surface area contributed by atoms with E-state index in [2.05, 4.69) is 43.5 Å². The molecule has 1 amide bonds. The third-order valence-corrected chi connectivity index (χ3v) is 16.2. The standard InChI is InChI=1S/C71H135NO5/c1-3-5-7-9-11-13-15-17-19-21-23-24-25-26-27-28-29-31-35-39-43-47-51-55-59-63-69(74)68(67-73)72-70(75)64-60-56-52-48-44-40-36-32-30-34-38-42-46-50-54-58-62-66-77-71(76)65-61-57-53-49-45-41-37-33-22-20-18-16-14-12-10-8-6-4-2/h30,34,42,46,59,63,68-69,73-74H,3-29,31-33,35-41,43-45,47-58,60-62,64-67H2,1-2H3,(H,72,75)/b34-30-,46-42-,63-59+. The summed E-state index contributed by atoms with van der Waals surface area (Å²) < 4.78 is 5.48. The van der Waals surface area contributed by atoms with Gasteiger partial charge in [0.1, 0.15) is 0 Å². The number of amides is 1. The molecule has 6 heteroatoms. The molecule has 0 aliphatic rings. The molecule has 0 saturated carbocycles. The predicted molar refractivity (Wildman–Crippen MR) is 338 cm³/mol. The number of aliphatic hydroxyl groups excluding tert-OH is 2. The van der Waals surface area contributed by atoms with Gasteiger partial charge in [-0.3, -0.25) is 9.59 Å². The molecule has 0 bridgehead atoms. The largest absolute Gasteiger partial charge is 0.466 e. The topological polar surface area (TPSA) is 95.9 Å². The molecule has 0 rings (SSSR count). The van der Waals surface area contributed by atoms with Crippen molar-refractivity contribution < 1.29 is 24.5 Å². The van der Waals surface area contributed by atoms with Gasteiger partial charge in [-0.1, -0.05) is 333 Å². The Morgan fingerprint density at radius 2 is 0.649 bits per heavy atom. The first kappa shape index (κ1) is 75.1. The van der Waals surface area contributed by atoms with E-state index in [4.69, 9.17) is 4.74 Å². The van der Waals surface area contributed by atoms with Gasteiger partial charge in [-0.2, -0.15) is 0 Å². The van der Waals surface area contributed by atoms with Crippen molar-refractivity contribution in [1.29, 1.82) is 0 Å². The van der Waals surface area contributed by atoms with Gasteiger partial charge in [0.15, 0.2) is 0 Å². The molecule has 0 fully saturated rings. The van der Waals surface area contributed by atoms with Gasteiger partial charge >= 0.3 is 5.97 Å². The van der Waals surface area contributed by atoms with E-state index in [9.17, 15) is 19.8 Å². The fraction of sp³-hybridized carbons (Fsp3) is 0.887. The van der Waals surface area contributed by atoms with E-state index in [0.29, 0.717) is 19.4 Å². The van der Waals surface area contributed by atoms with Crippen LogP contribution in [0.15, 0.2) is 36.5 Å². The summed E-state index contributed by atoms with van der Waals surface area (Å²) in [5.41, 5.74) is 0. The smallest absolute Gasteiger partial charge is 0.305 e. The van der Waals surface area contributed by atoms with Gasteiger partial charge in [-0.25, -0.2) is 0 Å². The highest BCUT2D eigenvalue weighted by atomic mass is 16.5. The minimum atomic E-state index is -0.857. The van der Waals surface area contributed by atoms with Crippen LogP contribution in [0.25, 0.3) is 0 Å². The summed E-state index contributed by atoms with van der Waals surface area (Å²) in [7, 11) is 0. The number of carbonyl (C=O) groups is 2. The summed E-state index contributed by atoms with van der Waals surface area (Å²) in [5.74, 6) is -0.0915.